The average molecular weight is 759 g/mol. The summed E-state index contributed by atoms with van der Waals surface area (Å²) in [6.45, 7) is 9.25. The molecule has 0 spiro atoms. The van der Waals surface area contributed by atoms with Gasteiger partial charge in [-0.25, -0.2) is 4.74 Å². The number of carboxylic acid groups (broad SMARTS) is 1. The lowest BCUT2D eigenvalue weighted by Crippen LogP contribution is -2.67. The van der Waals surface area contributed by atoms with Crippen LogP contribution in [0.4, 0.5) is 35.1 Å². The highest BCUT2D eigenvalue weighted by Gasteiger charge is 2.75. The minimum atomic E-state index is -7.09. The number of ether oxygens (including phenoxy) is 7. The predicted octanol–water partition coefficient (Wildman–Crippen LogP) is 5.39. The van der Waals surface area contributed by atoms with Gasteiger partial charge in [0.25, 0.3) is 0 Å². The van der Waals surface area contributed by atoms with E-state index in [1.807, 2.05) is 19.6 Å². The van der Waals surface area contributed by atoms with Crippen LogP contribution in [0.15, 0.2) is 0 Å². The van der Waals surface area contributed by atoms with Crippen LogP contribution in [0.25, 0.3) is 0 Å². The van der Waals surface area contributed by atoms with Crippen LogP contribution < -0.4 is 0 Å². The molecule has 0 radical (unpaired) electrons. The number of aliphatic carboxylic acids is 1. The molecule has 48 heavy (non-hydrogen) atoms. The third-order valence-electron chi connectivity index (χ3n) is 6.99. The minimum absolute atomic E-state index is 0.0484. The van der Waals surface area contributed by atoms with Crippen LogP contribution in [-0.4, -0.2) is 114 Å². The first-order valence-electron chi connectivity index (χ1n) is 14.8. The van der Waals surface area contributed by atoms with Gasteiger partial charge in [-0.1, -0.05) is 19.6 Å². The average Bonchev–Trinajstić information content (AvgIpc) is 2.90. The molecule has 1 N–H and O–H groups in total. The molecule has 0 aromatic carbocycles. The molecule has 2 aliphatic heterocycles. The fourth-order valence-corrected chi connectivity index (χ4v) is 6.01. The smallest absolute Gasteiger partial charge is 0.460 e. The number of hydrogen-bond acceptors (Lipinski definition) is 11. The summed E-state index contributed by atoms with van der Waals surface area (Å²) in [5.74, 6) is -8.41. The Hall–Kier alpha value is -1.24. The maximum absolute atomic E-state index is 15.0. The van der Waals surface area contributed by atoms with E-state index in [0.29, 0.717) is 6.04 Å². The van der Waals surface area contributed by atoms with Gasteiger partial charge in [-0.2, -0.15) is 43.5 Å². The Morgan fingerprint density at radius 3 is 2.17 bits per heavy atom. The van der Waals surface area contributed by atoms with Gasteiger partial charge in [0.05, 0.1) is 6.61 Å². The number of unbranched alkanes of at least 4 members (excludes halogenated alkanes) is 1. The maximum atomic E-state index is 15.0. The Balaban J connectivity index is 2.44. The first kappa shape index (κ1) is 42.9. The van der Waals surface area contributed by atoms with Crippen LogP contribution in [0.3, 0.4) is 0 Å². The van der Waals surface area contributed by atoms with Gasteiger partial charge in [-0.15, -0.1) is 0 Å². The van der Waals surface area contributed by atoms with Crippen molar-refractivity contribution in [1.82, 2.24) is 0 Å². The van der Waals surface area contributed by atoms with E-state index in [4.69, 9.17) is 33.5 Å². The lowest BCUT2D eigenvalue weighted by Gasteiger charge is -2.50. The van der Waals surface area contributed by atoms with Crippen LogP contribution in [0.2, 0.25) is 25.7 Å². The molecule has 2 rings (SSSR count). The molecule has 22 heteroatoms. The zero-order valence-corrected chi connectivity index (χ0v) is 28.9. The monoisotopic (exact) mass is 758 g/mol. The summed E-state index contributed by atoms with van der Waals surface area (Å²) in [6, 6.07) is 0.409. The molecule has 2 aliphatic rings. The summed E-state index contributed by atoms with van der Waals surface area (Å²) in [5, 5.41) is 1.81. The van der Waals surface area contributed by atoms with Gasteiger partial charge >= 0.3 is 39.5 Å². The van der Waals surface area contributed by atoms with Crippen molar-refractivity contribution >= 4 is 24.2 Å². The molecule has 284 valence electrons. The number of fused-ring (bicyclic) bond motifs is 1. The second kappa shape index (κ2) is 16.0. The summed E-state index contributed by atoms with van der Waals surface area (Å²) >= 11 is 0. The van der Waals surface area contributed by atoms with Crippen molar-refractivity contribution in [2.45, 2.75) is 132 Å². The zero-order valence-electron chi connectivity index (χ0n) is 27.1. The summed E-state index contributed by atoms with van der Waals surface area (Å²) in [4.78, 5) is 10.5. The van der Waals surface area contributed by atoms with Gasteiger partial charge in [0.2, 0.25) is 0 Å². The van der Waals surface area contributed by atoms with Crippen LogP contribution in [0, 0.1) is 0 Å². The highest BCUT2D eigenvalue weighted by atomic mass is 32.2. The lowest BCUT2D eigenvalue weighted by atomic mass is 9.97. The van der Waals surface area contributed by atoms with Crippen LogP contribution >= 0.6 is 0 Å². The Kier molecular flexibility index (Phi) is 14.3. The fraction of sp³-hybridized carbons (Fsp3) is 0.962. The number of alkyl halides is 8. The number of carbonyl (C=O) groups is 1. The number of rotatable bonds is 20. The van der Waals surface area contributed by atoms with Crippen molar-refractivity contribution in [1.29, 1.82) is 0 Å². The molecule has 0 saturated carbocycles. The molecule has 0 amide bonds. The standard InChI is InChI=1S/C26H42F8O12SSi/c1-7-39-15-41-19-18-16(14-42-22(2,3)44-18)43-21(40-12-13-48(4,5)6)20(19)45-47(37,38)26(33,34)25(31,32)46-24(29,30)23(27,28)11-9-8-10-17(35)36/h16,18-21H,7-15H2,1-6H3,(H,35,36)/t16?,18-,19?,20?,21-/m1/s1. The number of hydrogen-bond donors (Lipinski definition) is 1. The Morgan fingerprint density at radius 1 is 0.979 bits per heavy atom. The van der Waals surface area contributed by atoms with Crippen LogP contribution in [0.1, 0.15) is 46.5 Å². The van der Waals surface area contributed by atoms with E-state index in [1.54, 1.807) is 6.92 Å². The Labute approximate surface area is 273 Å². The van der Waals surface area contributed by atoms with E-state index < -0.39 is 117 Å². The highest BCUT2D eigenvalue weighted by molar-refractivity contribution is 7.87. The van der Waals surface area contributed by atoms with E-state index in [0.717, 1.165) is 0 Å². The van der Waals surface area contributed by atoms with E-state index in [-0.39, 0.29) is 19.8 Å². The molecule has 5 atom stereocenters. The molecule has 3 unspecified atom stereocenters. The SMILES string of the molecule is CCOCOC1C(OS(=O)(=O)C(F)(F)C(F)(F)OC(F)(F)C(F)(F)CCCCC(=O)O)[C@H](OCC[Si](C)(C)C)OC2COC(C)(C)O[C@H]21. The third kappa shape index (κ3) is 11.1. The summed E-state index contributed by atoms with van der Waals surface area (Å²) in [6.07, 6.45) is -26.0. The first-order chi connectivity index (χ1) is 21.7. The molecule has 2 heterocycles. The normalized spacial score (nSPS) is 25.9. The maximum Gasteiger partial charge on any atom is 0.460 e. The van der Waals surface area contributed by atoms with Gasteiger partial charge in [0.1, 0.15) is 25.1 Å². The quantitative estimate of drug-likeness (QED) is 0.0559. The van der Waals surface area contributed by atoms with Crippen molar-refractivity contribution < 1.29 is 90.8 Å². The van der Waals surface area contributed by atoms with Gasteiger partial charge in [0.15, 0.2) is 18.2 Å². The second-order valence-electron chi connectivity index (χ2n) is 12.7. The van der Waals surface area contributed by atoms with Gasteiger partial charge in [-0.05, 0) is 39.7 Å². The molecule has 0 aromatic rings. The molecule has 0 bridgehead atoms. The van der Waals surface area contributed by atoms with Gasteiger partial charge < -0.3 is 33.5 Å². The van der Waals surface area contributed by atoms with E-state index in [2.05, 4.69) is 8.92 Å². The summed E-state index contributed by atoms with van der Waals surface area (Å²) in [5.41, 5.74) is 0. The summed E-state index contributed by atoms with van der Waals surface area (Å²) < 4.78 is 182. The van der Waals surface area contributed by atoms with Gasteiger partial charge in [0, 0.05) is 34.1 Å². The molecule has 2 fully saturated rings. The molecule has 2 saturated heterocycles. The van der Waals surface area contributed by atoms with Crippen LogP contribution in [-0.2, 0) is 52.3 Å². The van der Waals surface area contributed by atoms with E-state index in [1.165, 1.54) is 13.8 Å². The topological polar surface area (TPSA) is 145 Å². The third-order valence-corrected chi connectivity index (χ3v) is 10.0. The predicted molar refractivity (Wildman–Crippen MR) is 150 cm³/mol. The molecular weight excluding hydrogens is 716 g/mol. The van der Waals surface area contributed by atoms with Crippen molar-refractivity contribution in [3.63, 3.8) is 0 Å². The zero-order chi connectivity index (χ0) is 37.0. The van der Waals surface area contributed by atoms with Crippen molar-refractivity contribution in [3.05, 3.63) is 0 Å². The Morgan fingerprint density at radius 2 is 1.60 bits per heavy atom. The van der Waals surface area contributed by atoms with E-state index in [9.17, 15) is 39.6 Å². The molecule has 0 aromatic heterocycles. The molecule has 12 nitrogen and oxygen atoms in total. The second-order valence-corrected chi connectivity index (χ2v) is 20.0. The number of carboxylic acids is 1. The van der Waals surface area contributed by atoms with Crippen LogP contribution in [0.5, 0.6) is 0 Å². The minimum Gasteiger partial charge on any atom is -0.481 e. The largest absolute Gasteiger partial charge is 0.481 e. The highest BCUT2D eigenvalue weighted by Crippen LogP contribution is 2.49. The molecule has 0 aliphatic carbocycles. The van der Waals surface area contributed by atoms with Crippen molar-refractivity contribution in [2.75, 3.05) is 26.6 Å². The van der Waals surface area contributed by atoms with Crippen molar-refractivity contribution in [2.24, 2.45) is 0 Å². The molecular formula is C26H42F8O12SSi. The van der Waals surface area contributed by atoms with E-state index >= 15 is 8.78 Å². The number of halogens is 8. The lowest BCUT2D eigenvalue weighted by molar-refractivity contribution is -0.457. The summed E-state index contributed by atoms with van der Waals surface area (Å²) in [7, 11) is -8.94. The first-order valence-corrected chi connectivity index (χ1v) is 19.9. The fourth-order valence-electron chi connectivity index (χ4n) is 4.33. The Bertz CT molecular complexity index is 1170. The van der Waals surface area contributed by atoms with Gasteiger partial charge in [-0.3, -0.25) is 8.98 Å². The van der Waals surface area contributed by atoms with Crippen molar-refractivity contribution in [3.8, 4) is 0 Å².